The zero-order valence-corrected chi connectivity index (χ0v) is 14.6. The molecule has 0 saturated heterocycles. The van der Waals surface area contributed by atoms with Crippen LogP contribution in [0.5, 0.6) is 17.2 Å². The van der Waals surface area contributed by atoms with Gasteiger partial charge >= 0.3 is 6.61 Å². The molecule has 0 aliphatic rings. The number of hydrogen-bond donors (Lipinski definition) is 1. The third-order valence-corrected chi connectivity index (χ3v) is 3.75. The molecule has 0 heterocycles. The first-order chi connectivity index (χ1) is 12.5. The van der Waals surface area contributed by atoms with Crippen LogP contribution < -0.4 is 19.5 Å². The Morgan fingerprint density at radius 3 is 2.46 bits per heavy atom. The Morgan fingerprint density at radius 2 is 1.77 bits per heavy atom. The molecule has 0 atom stereocenters. The highest BCUT2D eigenvalue weighted by Gasteiger charge is 2.12. The number of methoxy groups -OCH3 is 2. The molecule has 2 aromatic rings. The van der Waals surface area contributed by atoms with Crippen molar-refractivity contribution >= 4 is 5.91 Å². The Balaban J connectivity index is 1.88. The van der Waals surface area contributed by atoms with Crippen molar-refractivity contribution in [3.8, 4) is 17.2 Å². The van der Waals surface area contributed by atoms with Crippen molar-refractivity contribution in [1.29, 1.82) is 0 Å². The molecular formula is C19H21F2NO4. The van der Waals surface area contributed by atoms with E-state index in [1.165, 1.54) is 13.2 Å². The minimum atomic E-state index is -2.93. The number of alkyl halides is 2. The summed E-state index contributed by atoms with van der Waals surface area (Å²) < 4.78 is 39.3. The molecule has 2 aromatic carbocycles. The fourth-order valence-corrected chi connectivity index (χ4v) is 2.46. The Hall–Kier alpha value is -2.83. The Kier molecular flexibility index (Phi) is 7.20. The maximum atomic E-state index is 12.3. The van der Waals surface area contributed by atoms with Gasteiger partial charge in [-0.2, -0.15) is 8.78 Å². The van der Waals surface area contributed by atoms with E-state index >= 15 is 0 Å². The molecule has 1 N–H and O–H groups in total. The number of halogens is 2. The second-order valence-electron chi connectivity index (χ2n) is 5.45. The van der Waals surface area contributed by atoms with Crippen LogP contribution in [-0.2, 0) is 17.8 Å². The molecule has 0 unspecified atom stereocenters. The normalized spacial score (nSPS) is 10.5. The molecule has 0 fully saturated rings. The zero-order chi connectivity index (χ0) is 18.9. The molecule has 0 radical (unpaired) electrons. The smallest absolute Gasteiger partial charge is 0.387 e. The Labute approximate surface area is 150 Å². The number of para-hydroxylation sites is 1. The Morgan fingerprint density at radius 1 is 1.04 bits per heavy atom. The lowest BCUT2D eigenvalue weighted by Crippen LogP contribution is -2.23. The second-order valence-corrected chi connectivity index (χ2v) is 5.45. The van der Waals surface area contributed by atoms with Crippen molar-refractivity contribution in [2.45, 2.75) is 26.0 Å². The average Bonchev–Trinajstić information content (AvgIpc) is 2.65. The molecule has 0 bridgehead atoms. The summed E-state index contributed by atoms with van der Waals surface area (Å²) >= 11 is 0. The molecule has 0 aromatic heterocycles. The number of carbonyl (C=O) groups excluding carboxylic acids is 1. The van der Waals surface area contributed by atoms with Crippen LogP contribution in [0.1, 0.15) is 17.5 Å². The van der Waals surface area contributed by atoms with Crippen LogP contribution in [0.4, 0.5) is 8.78 Å². The third-order valence-electron chi connectivity index (χ3n) is 3.75. The zero-order valence-electron chi connectivity index (χ0n) is 14.6. The predicted octanol–water partition coefficient (Wildman–Crippen LogP) is 3.55. The number of nitrogens with one attached hydrogen (secondary N) is 1. The van der Waals surface area contributed by atoms with Gasteiger partial charge in [0, 0.05) is 13.0 Å². The van der Waals surface area contributed by atoms with E-state index in [1.54, 1.807) is 19.2 Å². The van der Waals surface area contributed by atoms with Crippen molar-refractivity contribution in [2.75, 3.05) is 14.2 Å². The highest BCUT2D eigenvalue weighted by atomic mass is 19.3. The van der Waals surface area contributed by atoms with Gasteiger partial charge in [-0.05, 0) is 35.7 Å². The van der Waals surface area contributed by atoms with Crippen molar-refractivity contribution in [3.05, 3.63) is 53.6 Å². The van der Waals surface area contributed by atoms with Crippen LogP contribution in [0.15, 0.2) is 42.5 Å². The van der Waals surface area contributed by atoms with E-state index < -0.39 is 6.61 Å². The topological polar surface area (TPSA) is 56.8 Å². The van der Waals surface area contributed by atoms with E-state index in [0.717, 1.165) is 11.3 Å². The first kappa shape index (κ1) is 19.5. The van der Waals surface area contributed by atoms with Crippen LogP contribution in [0.2, 0.25) is 0 Å². The molecule has 0 aliphatic heterocycles. The number of rotatable bonds is 9. The van der Waals surface area contributed by atoms with Crippen molar-refractivity contribution in [1.82, 2.24) is 5.32 Å². The predicted molar refractivity (Wildman–Crippen MR) is 92.8 cm³/mol. The second kappa shape index (κ2) is 9.60. The maximum absolute atomic E-state index is 12.3. The van der Waals surface area contributed by atoms with Crippen LogP contribution >= 0.6 is 0 Å². The summed E-state index contributed by atoms with van der Waals surface area (Å²) in [5, 5.41) is 2.79. The van der Waals surface area contributed by atoms with Crippen LogP contribution in [-0.4, -0.2) is 26.7 Å². The van der Waals surface area contributed by atoms with Gasteiger partial charge in [0.15, 0.2) is 11.5 Å². The number of aryl methyl sites for hydroxylation is 1. The van der Waals surface area contributed by atoms with Gasteiger partial charge in [-0.25, -0.2) is 0 Å². The SMILES string of the molecule is COc1ccccc1CCC(=O)NCc1ccc(OC(F)F)c(OC)c1. The summed E-state index contributed by atoms with van der Waals surface area (Å²) in [5.41, 5.74) is 1.68. The summed E-state index contributed by atoms with van der Waals surface area (Å²) in [6.07, 6.45) is 0.865. The van der Waals surface area contributed by atoms with Gasteiger partial charge in [0.05, 0.1) is 14.2 Å². The maximum Gasteiger partial charge on any atom is 0.387 e. The molecule has 0 aliphatic carbocycles. The fraction of sp³-hybridized carbons (Fsp3) is 0.316. The molecular weight excluding hydrogens is 344 g/mol. The molecule has 0 saturated carbocycles. The molecule has 7 heteroatoms. The van der Waals surface area contributed by atoms with E-state index in [0.29, 0.717) is 18.4 Å². The van der Waals surface area contributed by atoms with E-state index in [-0.39, 0.29) is 24.0 Å². The van der Waals surface area contributed by atoms with Crippen LogP contribution in [0.25, 0.3) is 0 Å². The minimum Gasteiger partial charge on any atom is -0.496 e. The molecule has 5 nitrogen and oxygen atoms in total. The van der Waals surface area contributed by atoms with Crippen molar-refractivity contribution in [3.63, 3.8) is 0 Å². The summed E-state index contributed by atoms with van der Waals surface area (Å²) in [5.74, 6) is 0.766. The summed E-state index contributed by atoms with van der Waals surface area (Å²) in [6, 6.07) is 12.1. The van der Waals surface area contributed by atoms with E-state index in [9.17, 15) is 13.6 Å². The van der Waals surface area contributed by atoms with Gasteiger partial charge in [-0.15, -0.1) is 0 Å². The molecule has 1 amide bonds. The van der Waals surface area contributed by atoms with Gasteiger partial charge < -0.3 is 19.5 Å². The van der Waals surface area contributed by atoms with Crippen molar-refractivity contribution in [2.24, 2.45) is 0 Å². The van der Waals surface area contributed by atoms with Gasteiger partial charge in [0.25, 0.3) is 0 Å². The standard InChI is InChI=1S/C19H21F2NO4/c1-24-15-6-4-3-5-14(15)8-10-18(23)22-12-13-7-9-16(26-19(20)21)17(11-13)25-2/h3-7,9,11,19H,8,10,12H2,1-2H3,(H,22,23). The quantitative estimate of drug-likeness (QED) is 0.738. The molecule has 0 spiro atoms. The summed E-state index contributed by atoms with van der Waals surface area (Å²) in [6.45, 7) is -2.67. The van der Waals surface area contributed by atoms with Gasteiger partial charge in [0.1, 0.15) is 5.75 Å². The highest BCUT2D eigenvalue weighted by Crippen LogP contribution is 2.29. The van der Waals surface area contributed by atoms with Gasteiger partial charge in [-0.1, -0.05) is 24.3 Å². The minimum absolute atomic E-state index is 0.0475. The lowest BCUT2D eigenvalue weighted by atomic mass is 10.1. The van der Waals surface area contributed by atoms with Gasteiger partial charge in [0.2, 0.25) is 5.91 Å². The first-order valence-electron chi connectivity index (χ1n) is 8.03. The lowest BCUT2D eigenvalue weighted by molar-refractivity contribution is -0.121. The highest BCUT2D eigenvalue weighted by molar-refractivity contribution is 5.76. The van der Waals surface area contributed by atoms with Gasteiger partial charge in [-0.3, -0.25) is 4.79 Å². The number of carbonyl (C=O) groups is 1. The van der Waals surface area contributed by atoms with Crippen LogP contribution in [0.3, 0.4) is 0 Å². The van der Waals surface area contributed by atoms with E-state index in [4.69, 9.17) is 9.47 Å². The monoisotopic (exact) mass is 365 g/mol. The first-order valence-corrected chi connectivity index (χ1v) is 8.03. The average molecular weight is 365 g/mol. The number of benzene rings is 2. The van der Waals surface area contributed by atoms with E-state index in [2.05, 4.69) is 10.1 Å². The number of hydrogen-bond acceptors (Lipinski definition) is 4. The summed E-state index contributed by atoms with van der Waals surface area (Å²) in [7, 11) is 2.96. The fourth-order valence-electron chi connectivity index (χ4n) is 2.46. The molecule has 2 rings (SSSR count). The molecule has 26 heavy (non-hydrogen) atoms. The number of amides is 1. The molecule has 140 valence electrons. The van der Waals surface area contributed by atoms with Crippen molar-refractivity contribution < 1.29 is 27.8 Å². The van der Waals surface area contributed by atoms with Crippen LogP contribution in [0, 0.1) is 0 Å². The largest absolute Gasteiger partial charge is 0.496 e. The third kappa shape index (κ3) is 5.61. The number of ether oxygens (including phenoxy) is 3. The van der Waals surface area contributed by atoms with E-state index in [1.807, 2.05) is 24.3 Å². The Bertz CT molecular complexity index is 737. The lowest BCUT2D eigenvalue weighted by Gasteiger charge is -2.12. The summed E-state index contributed by atoms with van der Waals surface area (Å²) in [4.78, 5) is 12.0.